The molecule has 7 fully saturated rings. The Hall–Kier alpha value is -8.03. The fourth-order valence-corrected chi connectivity index (χ4v) is 16.8. The van der Waals surface area contributed by atoms with E-state index in [1.165, 1.54) is 31.0 Å². The summed E-state index contributed by atoms with van der Waals surface area (Å²) in [6, 6.07) is 14.9. The Morgan fingerprint density at radius 1 is 0.492 bits per heavy atom. The maximum absolute atomic E-state index is 15.1. The number of hydrogen-bond acceptors (Lipinski definition) is 20. The molecule has 120 heavy (non-hydrogen) atoms. The third-order valence-corrected chi connectivity index (χ3v) is 24.9. The molecular formula is C87H121BF3ILiN9O18. The molecule has 2 N–H and O–H groups in total. The van der Waals surface area contributed by atoms with Gasteiger partial charge in [0.25, 0.3) is 0 Å². The second kappa shape index (κ2) is 44.9. The molecule has 4 heterocycles. The van der Waals surface area contributed by atoms with Gasteiger partial charge in [-0.05, 0) is 248 Å². The van der Waals surface area contributed by atoms with Gasteiger partial charge in [-0.2, -0.15) is 0 Å². The molecule has 1 saturated heterocycles. The van der Waals surface area contributed by atoms with E-state index in [0.29, 0.717) is 77.5 Å². The van der Waals surface area contributed by atoms with E-state index in [4.69, 9.17) is 47.2 Å². The first-order valence-corrected chi connectivity index (χ1v) is 42.9. The molecule has 0 spiro atoms. The zero-order valence-corrected chi connectivity index (χ0v) is 74.6. The Morgan fingerprint density at radius 2 is 0.817 bits per heavy atom. The van der Waals surface area contributed by atoms with Crippen molar-refractivity contribution in [2.24, 2.45) is 38.9 Å². The third kappa shape index (κ3) is 26.3. The van der Waals surface area contributed by atoms with Crippen molar-refractivity contribution >= 4 is 71.4 Å². The van der Waals surface area contributed by atoms with Crippen LogP contribution in [0.5, 0.6) is 17.2 Å². The fraction of sp³-hybridized carbons (Fsp3) is 0.621. The number of imidazole rings is 3. The number of carboxylic acid groups (broad SMARTS) is 1. The van der Waals surface area contributed by atoms with Crippen LogP contribution in [0.2, 0.25) is 0 Å². The number of carboxylic acids is 1. The molecule has 3 aromatic heterocycles. The van der Waals surface area contributed by atoms with Gasteiger partial charge in [0.2, 0.25) is 0 Å². The van der Waals surface area contributed by atoms with Gasteiger partial charge in [-0.3, -0.25) is 14.4 Å². The van der Waals surface area contributed by atoms with E-state index >= 15 is 4.39 Å². The van der Waals surface area contributed by atoms with Crippen molar-refractivity contribution in [3.8, 4) is 39.8 Å². The maximum atomic E-state index is 15.1. The minimum absolute atomic E-state index is 0. The number of nitrogens with zero attached hydrogens (tertiary/aromatic N) is 9. The van der Waals surface area contributed by atoms with E-state index in [-0.39, 0.29) is 146 Å². The van der Waals surface area contributed by atoms with Crippen molar-refractivity contribution in [3.05, 3.63) is 112 Å². The number of aromatic nitrogens is 6. The number of aliphatic carboxylic acids is 1. The summed E-state index contributed by atoms with van der Waals surface area (Å²) in [6.07, 6.45) is 24.3. The summed E-state index contributed by atoms with van der Waals surface area (Å²) in [5.74, 6) is -3.16. The van der Waals surface area contributed by atoms with E-state index < -0.39 is 47.7 Å². The number of benzene rings is 3. The minimum atomic E-state index is -0.832. The summed E-state index contributed by atoms with van der Waals surface area (Å²) in [6.45, 7) is 15.5. The van der Waals surface area contributed by atoms with Crippen LogP contribution in [0.3, 0.4) is 0 Å². The standard InChI is InChI=1S/C28H38FN3O5.C25H32FN3O5.C22H32BFO5.C12H18IN3O2.Li.H2O/c1-18(2)36-27(33)20-8-7-11-22(14-20)37-25-13-12-19(15-23(25)29)26-24(31(3)17-30-26)16-35-28(34)32(4)21-9-5-6-10-21;1-28-15-27-23(21(28)14-33-25(32)29(2)18-7-3-4-8-18)16-10-11-22(20(26)13-16)34-19-9-5-6-17(12-19)24(30)31;1-14(2)26-20(25)15-8-7-9-17(12-15)27-19-11-10-16(13-18(19)24)23-28-21(3,4)22(5,6)29-23;1-15-8-14-11(13)10(15)7-18-12(17)16(2)9-5-3-4-6-9;;/h12-13,15,17-18,20-22H,5-11,14,16H2,1-4H3;10-11,13,15,17-19H,3-9,12,14H2,1-2H3,(H,30,31);10-11,13-15,17H,7-9,12H2,1-6H3;8-9H,3-7H2,1-2H3;;1H2/q;;;;+1;/p-1/t20-,22-;17-,19-;15-,17-;;;/m000.../s1. The number of rotatable bonds is 23. The SMILES string of the molecule is CC(C)OC(=O)[C@H]1CCC[C@H](Oc2ccc(-c3ncn(C)c3COC(=O)N(C)C3CCCC3)cc2F)C1.CC(C)OC(=O)[C@H]1CCC[C@H](Oc2ccc(B3OC(C)(C)C(C)(C)O3)cc2F)C1.CN(C(=O)OCc1c(-c2ccc(O[C@H]3CCC[C@H](C(=O)O)C3)c(F)c2)ncn1C)C1CCCC1.CN(C(=O)OCc1c(I)ncn1C)C1CCCC1.[Li+].[OH-]. The topological polar surface area (TPSA) is 308 Å². The van der Waals surface area contributed by atoms with Gasteiger partial charge in [0.1, 0.15) is 23.5 Å². The molecule has 3 aromatic carbocycles. The number of ether oxygens (including phenoxy) is 8. The molecule has 3 amide bonds. The second-order valence-electron chi connectivity index (χ2n) is 33.9. The maximum Gasteiger partial charge on any atom is 1.00 e. The van der Waals surface area contributed by atoms with Gasteiger partial charge in [0.15, 0.2) is 34.7 Å². The molecule has 6 aromatic rings. The first-order chi connectivity index (χ1) is 56.1. The number of esters is 2. The normalized spacial score (nSPS) is 20.8. The predicted molar refractivity (Wildman–Crippen MR) is 447 cm³/mol. The summed E-state index contributed by atoms with van der Waals surface area (Å²) >= 11 is 2.15. The fourth-order valence-electron chi connectivity index (χ4n) is 16.2. The third-order valence-electron chi connectivity index (χ3n) is 24.0. The number of hydrogen-bond donors (Lipinski definition) is 1. The van der Waals surface area contributed by atoms with Gasteiger partial charge < -0.3 is 86.2 Å². The molecule has 0 bridgehead atoms. The van der Waals surface area contributed by atoms with E-state index in [1.807, 2.05) is 81.1 Å². The average molecular weight is 1780 g/mol. The van der Waals surface area contributed by atoms with Gasteiger partial charge in [0, 0.05) is 71.5 Å². The van der Waals surface area contributed by atoms with Gasteiger partial charge in [-0.15, -0.1) is 0 Å². The zero-order chi connectivity index (χ0) is 85.3. The minimum Gasteiger partial charge on any atom is -0.870 e. The van der Waals surface area contributed by atoms with Gasteiger partial charge in [-0.1, -0.05) is 44.6 Å². The molecule has 6 atom stereocenters. The predicted octanol–water partition coefficient (Wildman–Crippen LogP) is 13.8. The Morgan fingerprint density at radius 3 is 1.15 bits per heavy atom. The van der Waals surface area contributed by atoms with Gasteiger partial charge in [0.05, 0.1) is 107 Å². The first-order valence-electron chi connectivity index (χ1n) is 41.9. The molecule has 0 unspecified atom stereocenters. The first kappa shape index (κ1) is 97.4. The molecular weight excluding hydrogens is 1660 g/mol. The van der Waals surface area contributed by atoms with Crippen molar-refractivity contribution in [1.82, 2.24) is 43.4 Å². The zero-order valence-electron chi connectivity index (χ0n) is 72.4. The monoisotopic (exact) mass is 1780 g/mol. The number of amides is 3. The molecule has 0 radical (unpaired) electrons. The van der Waals surface area contributed by atoms with Crippen LogP contribution in [-0.4, -0.2) is 178 Å². The summed E-state index contributed by atoms with van der Waals surface area (Å²) in [5, 5.41) is 9.26. The number of carbonyl (C=O) groups is 6. The van der Waals surface area contributed by atoms with Crippen LogP contribution in [0.15, 0.2) is 73.6 Å². The van der Waals surface area contributed by atoms with Gasteiger partial charge in [-0.25, -0.2) is 42.5 Å². The number of aryl methyl sites for hydroxylation is 3. The number of carbonyl (C=O) groups excluding carboxylic acids is 5. The molecule has 6 aliphatic carbocycles. The van der Waals surface area contributed by atoms with Crippen molar-refractivity contribution in [1.29, 1.82) is 0 Å². The van der Waals surface area contributed by atoms with Gasteiger partial charge >= 0.3 is 62.2 Å². The molecule has 7 aliphatic rings. The van der Waals surface area contributed by atoms with Crippen LogP contribution in [0.4, 0.5) is 27.6 Å². The van der Waals surface area contributed by atoms with E-state index in [9.17, 15) is 42.7 Å². The molecule has 13 rings (SSSR count). The van der Waals surface area contributed by atoms with E-state index in [0.717, 1.165) is 119 Å². The van der Waals surface area contributed by atoms with Crippen molar-refractivity contribution in [3.63, 3.8) is 0 Å². The van der Waals surface area contributed by atoms with Crippen LogP contribution >= 0.6 is 22.6 Å². The molecule has 6 saturated carbocycles. The van der Waals surface area contributed by atoms with Crippen molar-refractivity contribution in [2.75, 3.05) is 21.1 Å². The molecule has 33 heteroatoms. The van der Waals surface area contributed by atoms with Crippen molar-refractivity contribution in [2.45, 2.75) is 289 Å². The Labute approximate surface area is 729 Å². The summed E-state index contributed by atoms with van der Waals surface area (Å²) in [4.78, 5) is 90.8. The van der Waals surface area contributed by atoms with Crippen LogP contribution < -0.4 is 38.5 Å². The van der Waals surface area contributed by atoms with E-state index in [2.05, 4.69) is 37.5 Å². The molecule has 1 aliphatic heterocycles. The average Bonchev–Trinajstić information content (AvgIpc) is 1.62. The summed E-state index contributed by atoms with van der Waals surface area (Å²) in [7, 11) is 10.3. The number of halogens is 4. The largest absolute Gasteiger partial charge is 1.00 e. The van der Waals surface area contributed by atoms with Crippen molar-refractivity contribution < 1.29 is 119 Å². The smallest absolute Gasteiger partial charge is 0.870 e. The van der Waals surface area contributed by atoms with Crippen LogP contribution in [-0.2, 0) is 88.3 Å². The summed E-state index contributed by atoms with van der Waals surface area (Å²) < 4.78 is 108. The summed E-state index contributed by atoms with van der Waals surface area (Å²) in [5.41, 5.74) is 4.15. The van der Waals surface area contributed by atoms with Crippen LogP contribution in [0.1, 0.15) is 227 Å². The second-order valence-corrected chi connectivity index (χ2v) is 34.9. The van der Waals surface area contributed by atoms with Crippen LogP contribution in [0, 0.1) is 38.9 Å². The van der Waals surface area contributed by atoms with E-state index in [1.54, 1.807) is 100 Å². The quantitative estimate of drug-likeness (QED) is 0.0270. The Balaban J connectivity index is 0.000000203. The Kier molecular flexibility index (Phi) is 36.4. The Bertz CT molecular complexity index is 4340. The molecule has 654 valence electrons. The van der Waals surface area contributed by atoms with Crippen LogP contribution in [0.25, 0.3) is 22.5 Å². The molecule has 27 nitrogen and oxygen atoms in total.